The van der Waals surface area contributed by atoms with Gasteiger partial charge in [0, 0.05) is 7.05 Å². The largest absolute Gasteiger partial charge is 0.433 e. The number of likely N-dealkylation sites (tertiary alicyclic amines) is 1. The Balaban J connectivity index is 1.70. The summed E-state index contributed by atoms with van der Waals surface area (Å²) in [6.07, 6.45) is 4.55. The molecule has 1 aliphatic heterocycles. The Hall–Kier alpha value is -2.97. The molecule has 2 fully saturated rings. The van der Waals surface area contributed by atoms with Gasteiger partial charge in [-0.15, -0.1) is 0 Å². The molecule has 5 unspecified atom stereocenters. The number of carbonyl (C=O) groups excluding carboxylic acids is 3. The maximum atomic E-state index is 13.0. The molecule has 1 saturated heterocycles. The summed E-state index contributed by atoms with van der Waals surface area (Å²) in [5, 5.41) is 13.3. The Morgan fingerprint density at radius 1 is 1.31 bits per heavy atom. The van der Waals surface area contributed by atoms with Crippen LogP contribution < -0.4 is 5.32 Å². The molecule has 3 aliphatic rings. The zero-order valence-corrected chi connectivity index (χ0v) is 14.0. The highest BCUT2D eigenvalue weighted by molar-refractivity contribution is 6.07. The molecule has 136 valence electrons. The minimum Gasteiger partial charge on any atom is -0.404 e. The normalized spacial score (nSPS) is 30.0. The molecule has 5 atom stereocenters. The highest BCUT2D eigenvalue weighted by atomic mass is 16.6. The van der Waals surface area contributed by atoms with Gasteiger partial charge in [-0.05, 0) is 24.3 Å². The van der Waals surface area contributed by atoms with Crippen LogP contribution in [0.4, 0.5) is 5.88 Å². The Kier molecular flexibility index (Phi) is 3.67. The molecule has 26 heavy (non-hydrogen) atoms. The number of hydrogen-bond donors (Lipinski definition) is 1. The predicted molar refractivity (Wildman–Crippen MR) is 86.4 cm³/mol. The molecule has 2 bridgehead atoms. The lowest BCUT2D eigenvalue weighted by molar-refractivity contribution is -0.402. The van der Waals surface area contributed by atoms with E-state index in [4.69, 9.17) is 4.42 Å². The van der Waals surface area contributed by atoms with Gasteiger partial charge in [0.25, 0.3) is 0 Å². The van der Waals surface area contributed by atoms with Crippen LogP contribution in [0.5, 0.6) is 0 Å². The standard InChI is InChI=1S/C17H17N3O6/c1-18-12(21)7-10(11-4-5-13(26-11)20(24)25)19-16(22)14-8-2-3-9(6-8)15(14)17(19)23/h2-5,8-10,14-15H,6-7H2,1H3,(H,18,21). The van der Waals surface area contributed by atoms with Gasteiger partial charge in [-0.1, -0.05) is 12.2 Å². The topological polar surface area (TPSA) is 123 Å². The first-order valence-electron chi connectivity index (χ1n) is 8.42. The third-order valence-electron chi connectivity index (χ3n) is 5.59. The van der Waals surface area contributed by atoms with E-state index in [2.05, 4.69) is 5.32 Å². The second-order valence-electron chi connectivity index (χ2n) is 6.87. The van der Waals surface area contributed by atoms with Gasteiger partial charge in [0.2, 0.25) is 17.7 Å². The van der Waals surface area contributed by atoms with Crippen LogP contribution in [0.3, 0.4) is 0 Å². The van der Waals surface area contributed by atoms with Crippen molar-refractivity contribution < 1.29 is 23.7 Å². The quantitative estimate of drug-likeness (QED) is 0.364. The Morgan fingerprint density at radius 2 is 1.92 bits per heavy atom. The molecule has 0 aromatic carbocycles. The molecule has 2 aliphatic carbocycles. The molecule has 3 amide bonds. The van der Waals surface area contributed by atoms with E-state index < -0.39 is 34.6 Å². The summed E-state index contributed by atoms with van der Waals surface area (Å²) in [7, 11) is 1.44. The summed E-state index contributed by atoms with van der Waals surface area (Å²) in [6.45, 7) is 0. The molecule has 0 spiro atoms. The fraction of sp³-hybridized carbons (Fsp3) is 0.471. The third-order valence-corrected chi connectivity index (χ3v) is 5.59. The van der Waals surface area contributed by atoms with Crippen molar-refractivity contribution in [3.05, 3.63) is 40.2 Å². The number of carbonyl (C=O) groups is 3. The van der Waals surface area contributed by atoms with Crippen molar-refractivity contribution in [3.63, 3.8) is 0 Å². The van der Waals surface area contributed by atoms with Crippen molar-refractivity contribution in [2.24, 2.45) is 23.7 Å². The zero-order valence-electron chi connectivity index (χ0n) is 14.0. The first-order chi connectivity index (χ1) is 12.4. The molecule has 1 saturated carbocycles. The van der Waals surface area contributed by atoms with Crippen molar-refractivity contribution >= 4 is 23.6 Å². The monoisotopic (exact) mass is 359 g/mol. The average molecular weight is 359 g/mol. The van der Waals surface area contributed by atoms with Gasteiger partial charge in [0.1, 0.15) is 16.7 Å². The zero-order chi connectivity index (χ0) is 18.6. The molecule has 1 N–H and O–H groups in total. The van der Waals surface area contributed by atoms with E-state index in [0.29, 0.717) is 0 Å². The van der Waals surface area contributed by atoms with E-state index in [1.807, 2.05) is 12.2 Å². The minimum atomic E-state index is -0.992. The van der Waals surface area contributed by atoms with Crippen molar-refractivity contribution in [1.82, 2.24) is 10.2 Å². The van der Waals surface area contributed by atoms with Crippen LogP contribution in [-0.2, 0) is 14.4 Å². The second kappa shape index (κ2) is 5.79. The number of allylic oxidation sites excluding steroid dienone is 2. The fourth-order valence-electron chi connectivity index (χ4n) is 4.45. The van der Waals surface area contributed by atoms with Crippen molar-refractivity contribution in [3.8, 4) is 0 Å². The fourth-order valence-corrected chi connectivity index (χ4v) is 4.45. The van der Waals surface area contributed by atoms with E-state index in [0.717, 1.165) is 17.4 Å². The van der Waals surface area contributed by atoms with Crippen LogP contribution in [-0.4, -0.2) is 34.6 Å². The number of rotatable bonds is 5. The van der Waals surface area contributed by atoms with Crippen LogP contribution >= 0.6 is 0 Å². The number of amides is 3. The maximum Gasteiger partial charge on any atom is 0.433 e. The second-order valence-corrected chi connectivity index (χ2v) is 6.87. The van der Waals surface area contributed by atoms with Gasteiger partial charge in [0.05, 0.1) is 24.3 Å². The maximum absolute atomic E-state index is 13.0. The van der Waals surface area contributed by atoms with Crippen molar-refractivity contribution in [2.45, 2.75) is 18.9 Å². The molecular formula is C17H17N3O6. The number of fused-ring (bicyclic) bond motifs is 5. The Labute approximate surface area is 148 Å². The van der Waals surface area contributed by atoms with E-state index in [1.54, 1.807) is 0 Å². The number of nitrogens with zero attached hydrogens (tertiary/aromatic N) is 2. The number of nitrogens with one attached hydrogen (secondary N) is 1. The van der Waals surface area contributed by atoms with Gasteiger partial charge in [-0.25, -0.2) is 0 Å². The highest BCUT2D eigenvalue weighted by Gasteiger charge is 2.60. The first kappa shape index (κ1) is 16.5. The molecule has 2 heterocycles. The highest BCUT2D eigenvalue weighted by Crippen LogP contribution is 2.54. The molecule has 9 heteroatoms. The van der Waals surface area contributed by atoms with Crippen LogP contribution in [0, 0.1) is 33.8 Å². The molecule has 1 aromatic rings. The Morgan fingerprint density at radius 3 is 2.42 bits per heavy atom. The lowest BCUT2D eigenvalue weighted by atomic mass is 9.85. The summed E-state index contributed by atoms with van der Waals surface area (Å²) < 4.78 is 5.21. The lowest BCUT2D eigenvalue weighted by Crippen LogP contribution is -2.38. The van der Waals surface area contributed by atoms with E-state index in [-0.39, 0.29) is 35.8 Å². The summed E-state index contributed by atoms with van der Waals surface area (Å²) >= 11 is 0. The van der Waals surface area contributed by atoms with Crippen LogP contribution in [0.2, 0.25) is 0 Å². The molecule has 1 aromatic heterocycles. The van der Waals surface area contributed by atoms with Crippen molar-refractivity contribution in [1.29, 1.82) is 0 Å². The summed E-state index contributed by atoms with van der Waals surface area (Å²) in [4.78, 5) is 49.2. The van der Waals surface area contributed by atoms with Crippen molar-refractivity contribution in [2.75, 3.05) is 7.05 Å². The van der Waals surface area contributed by atoms with Gasteiger partial charge in [-0.3, -0.25) is 29.4 Å². The van der Waals surface area contributed by atoms with Crippen LogP contribution in [0.15, 0.2) is 28.7 Å². The summed E-state index contributed by atoms with van der Waals surface area (Å²) in [6, 6.07) is 1.50. The van der Waals surface area contributed by atoms with Gasteiger partial charge < -0.3 is 9.73 Å². The molecule has 4 rings (SSSR count). The summed E-state index contributed by atoms with van der Waals surface area (Å²) in [5.41, 5.74) is 0. The number of nitro groups is 1. The van der Waals surface area contributed by atoms with Gasteiger partial charge in [-0.2, -0.15) is 0 Å². The number of hydrogen-bond acceptors (Lipinski definition) is 6. The molecular weight excluding hydrogens is 342 g/mol. The minimum absolute atomic E-state index is 0.0399. The van der Waals surface area contributed by atoms with Crippen LogP contribution in [0.1, 0.15) is 24.6 Å². The number of furan rings is 1. The van der Waals surface area contributed by atoms with E-state index in [1.165, 1.54) is 13.1 Å². The van der Waals surface area contributed by atoms with Gasteiger partial charge >= 0.3 is 5.88 Å². The lowest BCUT2D eigenvalue weighted by Gasteiger charge is -2.25. The Bertz CT molecular complexity index is 813. The molecule has 9 nitrogen and oxygen atoms in total. The van der Waals surface area contributed by atoms with E-state index >= 15 is 0 Å². The summed E-state index contributed by atoms with van der Waals surface area (Å²) in [5.74, 6) is -2.23. The van der Waals surface area contributed by atoms with Crippen LogP contribution in [0.25, 0.3) is 0 Å². The van der Waals surface area contributed by atoms with Gasteiger partial charge in [0.15, 0.2) is 0 Å². The first-order valence-corrected chi connectivity index (χ1v) is 8.42. The SMILES string of the molecule is CNC(=O)CC(c1ccc([N+](=O)[O-])o1)N1C(=O)C2C3C=CC(C3)C2C1=O. The predicted octanol–water partition coefficient (Wildman–Crippen LogP) is 1.17. The van der Waals surface area contributed by atoms with E-state index in [9.17, 15) is 24.5 Å². The smallest absolute Gasteiger partial charge is 0.404 e. The average Bonchev–Trinajstić information content (AvgIpc) is 3.37. The third kappa shape index (κ3) is 2.27. The molecule has 0 radical (unpaired) electrons. The number of imide groups is 1.